The van der Waals surface area contributed by atoms with Crippen LogP contribution in [0.2, 0.25) is 0 Å². The molecular formula is C17H39Cl3N4O2. The van der Waals surface area contributed by atoms with Crippen molar-refractivity contribution in [3.8, 4) is 0 Å². The van der Waals surface area contributed by atoms with Crippen molar-refractivity contribution >= 4 is 43.3 Å². The molecule has 2 heterocycles. The van der Waals surface area contributed by atoms with Crippen LogP contribution < -0.4 is 16.0 Å². The van der Waals surface area contributed by atoms with Gasteiger partial charge in [0.2, 0.25) is 0 Å². The predicted molar refractivity (Wildman–Crippen MR) is 117 cm³/mol. The minimum absolute atomic E-state index is 0. The molecule has 1 amide bonds. The van der Waals surface area contributed by atoms with Crippen molar-refractivity contribution in [2.75, 3.05) is 39.3 Å². The van der Waals surface area contributed by atoms with Crippen LogP contribution in [0.5, 0.6) is 0 Å². The Bertz CT molecular complexity index is 351. The van der Waals surface area contributed by atoms with Gasteiger partial charge in [0.1, 0.15) is 5.60 Å². The standard InChI is InChI=1S/C11H22N2O2.C6H14N2.3ClH/c1-5-9-8-12-6-7-13(9)10(14)15-11(2,3)4;1-2-6-5-7-3-4-8-6;;;/h9,12H,5-8H2,1-4H3;6-8H,2-5H2,1H3;3*1H/t9-;6-;;;/m00.../s1. The first-order chi connectivity index (χ1) is 10.9. The molecule has 0 aromatic carbocycles. The van der Waals surface area contributed by atoms with Crippen LogP contribution in [0, 0.1) is 0 Å². The minimum Gasteiger partial charge on any atom is -0.444 e. The maximum Gasteiger partial charge on any atom is 0.410 e. The van der Waals surface area contributed by atoms with Gasteiger partial charge in [0.25, 0.3) is 0 Å². The molecule has 0 bridgehead atoms. The molecule has 0 unspecified atom stereocenters. The number of halogens is 3. The van der Waals surface area contributed by atoms with E-state index in [0.717, 1.165) is 51.7 Å². The van der Waals surface area contributed by atoms with Crippen LogP contribution in [-0.2, 0) is 4.74 Å². The molecule has 3 N–H and O–H groups in total. The molecule has 0 aromatic rings. The highest BCUT2D eigenvalue weighted by molar-refractivity contribution is 5.86. The second-order valence-corrected chi connectivity index (χ2v) is 7.20. The monoisotopic (exact) mass is 436 g/mol. The lowest BCUT2D eigenvalue weighted by atomic mass is 10.1. The fraction of sp³-hybridized carbons (Fsp3) is 0.941. The van der Waals surface area contributed by atoms with E-state index < -0.39 is 5.60 Å². The van der Waals surface area contributed by atoms with Crippen molar-refractivity contribution < 1.29 is 9.53 Å². The van der Waals surface area contributed by atoms with Crippen molar-refractivity contribution in [2.24, 2.45) is 0 Å². The van der Waals surface area contributed by atoms with Crippen molar-refractivity contribution in [1.29, 1.82) is 0 Å². The third kappa shape index (κ3) is 12.4. The summed E-state index contributed by atoms with van der Waals surface area (Å²) in [5.41, 5.74) is -0.403. The SMILES string of the molecule is CC[C@H]1CNCCN1.CC[C@H]1CNCCN1C(=O)OC(C)(C)C.Cl.Cl.Cl. The largest absolute Gasteiger partial charge is 0.444 e. The summed E-state index contributed by atoms with van der Waals surface area (Å²) in [6, 6.07) is 0.998. The highest BCUT2D eigenvalue weighted by atomic mass is 35.5. The molecule has 2 rings (SSSR count). The molecule has 0 saturated carbocycles. The van der Waals surface area contributed by atoms with E-state index in [1.807, 2.05) is 25.7 Å². The van der Waals surface area contributed by atoms with Crippen molar-refractivity contribution in [3.63, 3.8) is 0 Å². The van der Waals surface area contributed by atoms with Gasteiger partial charge in [0, 0.05) is 51.4 Å². The highest BCUT2D eigenvalue weighted by Crippen LogP contribution is 2.14. The first-order valence-corrected chi connectivity index (χ1v) is 9.01. The van der Waals surface area contributed by atoms with Gasteiger partial charge in [-0.1, -0.05) is 13.8 Å². The zero-order chi connectivity index (χ0) is 17.3. The van der Waals surface area contributed by atoms with Gasteiger partial charge in [-0.25, -0.2) is 4.79 Å². The molecule has 2 aliphatic rings. The molecule has 9 heteroatoms. The van der Waals surface area contributed by atoms with Gasteiger partial charge < -0.3 is 25.6 Å². The summed E-state index contributed by atoms with van der Waals surface area (Å²) in [7, 11) is 0. The lowest BCUT2D eigenvalue weighted by molar-refractivity contribution is 0.0117. The number of rotatable bonds is 2. The van der Waals surface area contributed by atoms with E-state index in [4.69, 9.17) is 4.74 Å². The summed E-state index contributed by atoms with van der Waals surface area (Å²) in [6.45, 7) is 15.9. The number of hydrogen-bond acceptors (Lipinski definition) is 5. The molecule has 6 nitrogen and oxygen atoms in total. The molecule has 2 atom stereocenters. The topological polar surface area (TPSA) is 65.6 Å². The summed E-state index contributed by atoms with van der Waals surface area (Å²) >= 11 is 0. The number of carbonyl (C=O) groups is 1. The molecule has 0 aromatic heterocycles. The maximum absolute atomic E-state index is 11.9. The van der Waals surface area contributed by atoms with E-state index in [0.29, 0.717) is 0 Å². The number of amides is 1. The zero-order valence-corrected chi connectivity index (χ0v) is 19.2. The minimum atomic E-state index is -0.403. The van der Waals surface area contributed by atoms with Gasteiger partial charge in [-0.3, -0.25) is 0 Å². The molecule has 26 heavy (non-hydrogen) atoms. The second kappa shape index (κ2) is 16.0. The van der Waals surface area contributed by atoms with E-state index in [1.165, 1.54) is 6.42 Å². The van der Waals surface area contributed by atoms with Gasteiger partial charge >= 0.3 is 6.09 Å². The van der Waals surface area contributed by atoms with Gasteiger partial charge in [-0.2, -0.15) is 0 Å². The van der Waals surface area contributed by atoms with Crippen LogP contribution in [0.4, 0.5) is 4.79 Å². The predicted octanol–water partition coefficient (Wildman–Crippen LogP) is 2.83. The quantitative estimate of drug-likeness (QED) is 0.620. The number of nitrogens with one attached hydrogen (secondary N) is 3. The molecule has 2 saturated heterocycles. The third-order valence-corrected chi connectivity index (χ3v) is 4.07. The van der Waals surface area contributed by atoms with E-state index in [2.05, 4.69) is 29.8 Å². The molecule has 0 radical (unpaired) electrons. The highest BCUT2D eigenvalue weighted by Gasteiger charge is 2.28. The van der Waals surface area contributed by atoms with Crippen LogP contribution >= 0.6 is 37.2 Å². The molecule has 160 valence electrons. The van der Waals surface area contributed by atoms with E-state index in [9.17, 15) is 4.79 Å². The number of ether oxygens (including phenoxy) is 1. The lowest BCUT2D eigenvalue weighted by Gasteiger charge is -2.36. The second-order valence-electron chi connectivity index (χ2n) is 7.20. The molecule has 0 aliphatic carbocycles. The Labute approximate surface area is 178 Å². The molecular weight excluding hydrogens is 399 g/mol. The molecule has 2 aliphatic heterocycles. The summed E-state index contributed by atoms with van der Waals surface area (Å²) in [4.78, 5) is 13.7. The van der Waals surface area contributed by atoms with E-state index in [-0.39, 0.29) is 49.4 Å². The van der Waals surface area contributed by atoms with Gasteiger partial charge in [0.15, 0.2) is 0 Å². The van der Waals surface area contributed by atoms with Crippen LogP contribution in [0.15, 0.2) is 0 Å². The fourth-order valence-corrected chi connectivity index (χ4v) is 2.69. The number of carbonyl (C=O) groups excluding carboxylic acids is 1. The van der Waals surface area contributed by atoms with Crippen LogP contribution in [0.25, 0.3) is 0 Å². The van der Waals surface area contributed by atoms with Gasteiger partial charge in [0.05, 0.1) is 0 Å². The Morgan fingerprint density at radius 3 is 2.04 bits per heavy atom. The van der Waals surface area contributed by atoms with Gasteiger partial charge in [-0.15, -0.1) is 37.2 Å². The number of nitrogens with zero attached hydrogens (tertiary/aromatic N) is 1. The number of piperazine rings is 2. The average Bonchev–Trinajstić information content (AvgIpc) is 2.54. The van der Waals surface area contributed by atoms with Crippen LogP contribution in [0.1, 0.15) is 47.5 Å². The van der Waals surface area contributed by atoms with E-state index >= 15 is 0 Å². The smallest absolute Gasteiger partial charge is 0.410 e. The Hall–Kier alpha value is 0.0200. The third-order valence-electron chi connectivity index (χ3n) is 4.07. The number of hydrogen-bond donors (Lipinski definition) is 3. The van der Waals surface area contributed by atoms with Crippen LogP contribution in [-0.4, -0.2) is 67.9 Å². The van der Waals surface area contributed by atoms with Gasteiger partial charge in [-0.05, 0) is 33.6 Å². The van der Waals surface area contributed by atoms with E-state index in [1.54, 1.807) is 0 Å². The zero-order valence-electron chi connectivity index (χ0n) is 16.8. The molecule has 2 fully saturated rings. The van der Waals surface area contributed by atoms with Crippen LogP contribution in [0.3, 0.4) is 0 Å². The summed E-state index contributed by atoms with van der Waals surface area (Å²) in [5.74, 6) is 0. The normalized spacial score (nSPS) is 22.4. The Morgan fingerprint density at radius 2 is 1.62 bits per heavy atom. The Morgan fingerprint density at radius 1 is 1.00 bits per heavy atom. The molecule has 0 spiro atoms. The van der Waals surface area contributed by atoms with Crippen molar-refractivity contribution in [1.82, 2.24) is 20.9 Å². The first-order valence-electron chi connectivity index (χ1n) is 9.01. The lowest BCUT2D eigenvalue weighted by Crippen LogP contribution is -2.54. The first kappa shape index (κ1) is 30.7. The fourth-order valence-electron chi connectivity index (χ4n) is 2.69. The maximum atomic E-state index is 11.9. The summed E-state index contributed by atoms with van der Waals surface area (Å²) < 4.78 is 5.37. The van der Waals surface area contributed by atoms with Crippen molar-refractivity contribution in [2.45, 2.75) is 65.1 Å². The Balaban J connectivity index is -0.000000416. The summed E-state index contributed by atoms with van der Waals surface area (Å²) in [6.07, 6.45) is 2.02. The summed E-state index contributed by atoms with van der Waals surface area (Å²) in [5, 5.41) is 10.0. The Kier molecular flexibility index (Phi) is 18.9. The van der Waals surface area contributed by atoms with Crippen molar-refractivity contribution in [3.05, 3.63) is 0 Å². The average molecular weight is 438 g/mol.